The summed E-state index contributed by atoms with van der Waals surface area (Å²) in [5.41, 5.74) is 0.226. The zero-order valence-corrected chi connectivity index (χ0v) is 20.0. The van der Waals surface area contributed by atoms with E-state index in [9.17, 15) is 23.1 Å². The number of aromatic nitrogens is 3. The van der Waals surface area contributed by atoms with Gasteiger partial charge in [0.25, 0.3) is 15.8 Å². The first-order valence-electron chi connectivity index (χ1n) is 11.8. The second kappa shape index (κ2) is 10.9. The van der Waals surface area contributed by atoms with Crippen LogP contribution in [-0.4, -0.2) is 40.5 Å². The molecule has 4 rings (SSSR count). The highest BCUT2D eigenvalue weighted by atomic mass is 32.2. The van der Waals surface area contributed by atoms with Gasteiger partial charge in [0, 0.05) is 17.5 Å². The van der Waals surface area contributed by atoms with Crippen molar-refractivity contribution in [1.82, 2.24) is 19.8 Å². The van der Waals surface area contributed by atoms with Crippen LogP contribution in [0.15, 0.2) is 45.9 Å². The Morgan fingerprint density at radius 2 is 1.91 bits per heavy atom. The van der Waals surface area contributed by atoms with E-state index < -0.39 is 33.6 Å². The summed E-state index contributed by atoms with van der Waals surface area (Å²) in [5, 5.41) is 13.5. The van der Waals surface area contributed by atoms with E-state index in [2.05, 4.69) is 15.1 Å². The molecule has 1 atom stereocenters. The summed E-state index contributed by atoms with van der Waals surface area (Å²) in [6.45, 7) is 0. The molecule has 0 bridgehead atoms. The number of carboxylic acid groups (broad SMARTS) is 1. The van der Waals surface area contributed by atoms with E-state index in [0.29, 0.717) is 17.7 Å². The van der Waals surface area contributed by atoms with Gasteiger partial charge in [-0.3, -0.25) is 14.6 Å². The van der Waals surface area contributed by atoms with Crippen LogP contribution >= 0.6 is 0 Å². The van der Waals surface area contributed by atoms with Crippen molar-refractivity contribution < 1.29 is 27.6 Å². The first kappa shape index (κ1) is 24.8. The maximum Gasteiger partial charge on any atom is 0.306 e. The maximum absolute atomic E-state index is 12.9. The SMILES string of the molecule is O=C(O)C[C@@H](CCCC1CCCCC1)c1nc(C(=O)NS(=O)(=O)c2cccc3cccnc23)no1. The number of carbonyl (C=O) groups is 2. The fraction of sp³-hybridized carbons (Fsp3) is 0.458. The van der Waals surface area contributed by atoms with Crippen LogP contribution in [0, 0.1) is 5.92 Å². The predicted octanol–water partition coefficient (Wildman–Crippen LogP) is 4.05. The van der Waals surface area contributed by atoms with Gasteiger partial charge in [0.05, 0.1) is 11.9 Å². The van der Waals surface area contributed by atoms with Crippen molar-refractivity contribution >= 4 is 32.8 Å². The third-order valence-electron chi connectivity index (χ3n) is 6.42. The number of rotatable bonds is 10. The van der Waals surface area contributed by atoms with Gasteiger partial charge < -0.3 is 9.63 Å². The molecule has 2 N–H and O–H groups in total. The van der Waals surface area contributed by atoms with Crippen molar-refractivity contribution in [2.45, 2.75) is 68.6 Å². The number of para-hydroxylation sites is 1. The Balaban J connectivity index is 1.45. The van der Waals surface area contributed by atoms with E-state index in [1.807, 2.05) is 4.72 Å². The van der Waals surface area contributed by atoms with Gasteiger partial charge in [-0.25, -0.2) is 13.1 Å². The summed E-state index contributed by atoms with van der Waals surface area (Å²) in [4.78, 5) is 32.0. The summed E-state index contributed by atoms with van der Waals surface area (Å²) in [5.74, 6) is -2.42. The molecule has 1 amide bonds. The number of carbonyl (C=O) groups excluding carboxylic acids is 1. The number of benzene rings is 1. The van der Waals surface area contributed by atoms with Gasteiger partial charge in [-0.05, 0) is 24.5 Å². The number of hydrogen-bond acceptors (Lipinski definition) is 8. The van der Waals surface area contributed by atoms with Crippen molar-refractivity contribution in [2.24, 2.45) is 5.92 Å². The molecule has 2 aromatic heterocycles. The molecule has 0 spiro atoms. The lowest BCUT2D eigenvalue weighted by Crippen LogP contribution is -2.31. The third-order valence-corrected chi connectivity index (χ3v) is 7.78. The number of fused-ring (bicyclic) bond motifs is 1. The molecule has 1 aromatic carbocycles. The van der Waals surface area contributed by atoms with Crippen LogP contribution < -0.4 is 4.72 Å². The van der Waals surface area contributed by atoms with E-state index >= 15 is 0 Å². The minimum Gasteiger partial charge on any atom is -0.481 e. The number of carboxylic acids is 1. The average molecular weight is 501 g/mol. The Morgan fingerprint density at radius 3 is 2.69 bits per heavy atom. The molecule has 2 heterocycles. The number of amides is 1. The van der Waals surface area contributed by atoms with Crippen molar-refractivity contribution in [2.75, 3.05) is 0 Å². The Morgan fingerprint density at radius 1 is 1.14 bits per heavy atom. The number of nitrogens with one attached hydrogen (secondary N) is 1. The van der Waals surface area contributed by atoms with Crippen LogP contribution in [0.5, 0.6) is 0 Å². The molecular formula is C24H28N4O6S. The van der Waals surface area contributed by atoms with Gasteiger partial charge in [0.15, 0.2) is 0 Å². The van der Waals surface area contributed by atoms with Crippen LogP contribution in [0.25, 0.3) is 10.9 Å². The number of hydrogen-bond donors (Lipinski definition) is 2. The minimum absolute atomic E-state index is 0.0189. The molecule has 1 saturated carbocycles. The van der Waals surface area contributed by atoms with Crippen LogP contribution in [0.2, 0.25) is 0 Å². The summed E-state index contributed by atoms with van der Waals surface area (Å²) in [6, 6.07) is 8.01. The zero-order valence-electron chi connectivity index (χ0n) is 19.2. The van der Waals surface area contributed by atoms with Crippen molar-refractivity contribution in [3.05, 3.63) is 48.2 Å². The number of pyridine rings is 1. The van der Waals surface area contributed by atoms with Crippen molar-refractivity contribution in [3.8, 4) is 0 Å². The molecule has 1 aliphatic rings. The summed E-state index contributed by atoms with van der Waals surface area (Å²) < 4.78 is 32.9. The van der Waals surface area contributed by atoms with E-state index in [4.69, 9.17) is 4.52 Å². The molecular weight excluding hydrogens is 472 g/mol. The molecule has 35 heavy (non-hydrogen) atoms. The summed E-state index contributed by atoms with van der Waals surface area (Å²) >= 11 is 0. The maximum atomic E-state index is 12.9. The molecule has 3 aromatic rings. The molecule has 11 heteroatoms. The minimum atomic E-state index is -4.27. The first-order valence-corrected chi connectivity index (χ1v) is 13.3. The smallest absolute Gasteiger partial charge is 0.306 e. The van der Waals surface area contributed by atoms with Gasteiger partial charge >= 0.3 is 11.9 Å². The first-order chi connectivity index (χ1) is 16.8. The Bertz CT molecular complexity index is 1290. The lowest BCUT2D eigenvalue weighted by Gasteiger charge is -2.21. The van der Waals surface area contributed by atoms with Gasteiger partial charge in [0.2, 0.25) is 5.89 Å². The fourth-order valence-electron chi connectivity index (χ4n) is 4.66. The van der Waals surface area contributed by atoms with E-state index in [1.54, 1.807) is 24.3 Å². The van der Waals surface area contributed by atoms with Crippen molar-refractivity contribution in [1.29, 1.82) is 0 Å². The van der Waals surface area contributed by atoms with Gasteiger partial charge in [-0.15, -0.1) is 0 Å². The molecule has 0 radical (unpaired) electrons. The Kier molecular flexibility index (Phi) is 7.74. The number of sulfonamides is 1. The van der Waals surface area contributed by atoms with E-state index in [1.165, 1.54) is 44.4 Å². The highest BCUT2D eigenvalue weighted by molar-refractivity contribution is 7.90. The molecule has 10 nitrogen and oxygen atoms in total. The zero-order chi connectivity index (χ0) is 24.8. The Hall–Kier alpha value is -3.34. The van der Waals surface area contributed by atoms with Crippen LogP contribution in [0.3, 0.4) is 0 Å². The fourth-order valence-corrected chi connectivity index (χ4v) is 5.79. The standard InChI is InChI=1S/C24H28N4O6S/c29-20(30)15-18(11-4-9-16-7-2-1-3-8-16)24-26-22(27-34-24)23(31)28-35(32,33)19-13-5-10-17-12-6-14-25-21(17)19/h5-6,10,12-14,16,18H,1-4,7-9,11,15H2,(H,28,31)(H,29,30)/t18-/m1/s1. The predicted molar refractivity (Wildman–Crippen MR) is 126 cm³/mol. The lowest BCUT2D eigenvalue weighted by molar-refractivity contribution is -0.137. The Labute approximate surface area is 203 Å². The van der Waals surface area contributed by atoms with Gasteiger partial charge in [0.1, 0.15) is 4.90 Å². The lowest BCUT2D eigenvalue weighted by atomic mass is 9.84. The summed E-state index contributed by atoms with van der Waals surface area (Å²) in [6.07, 6.45) is 9.77. The van der Waals surface area contributed by atoms with Crippen LogP contribution in [0.4, 0.5) is 0 Å². The van der Waals surface area contributed by atoms with E-state index in [0.717, 1.165) is 12.8 Å². The highest BCUT2D eigenvalue weighted by Crippen LogP contribution is 2.31. The van der Waals surface area contributed by atoms with Gasteiger partial charge in [-0.1, -0.05) is 68.3 Å². The molecule has 0 unspecified atom stereocenters. The van der Waals surface area contributed by atoms with Crippen molar-refractivity contribution in [3.63, 3.8) is 0 Å². The van der Waals surface area contributed by atoms with E-state index in [-0.39, 0.29) is 22.7 Å². The normalized spacial score (nSPS) is 15.7. The van der Waals surface area contributed by atoms with Crippen LogP contribution in [0.1, 0.15) is 80.2 Å². The molecule has 186 valence electrons. The molecule has 0 aliphatic heterocycles. The molecule has 0 saturated heterocycles. The number of aliphatic carboxylic acids is 1. The quantitative estimate of drug-likeness (QED) is 0.420. The monoisotopic (exact) mass is 500 g/mol. The number of nitrogens with zero attached hydrogens (tertiary/aromatic N) is 3. The second-order valence-corrected chi connectivity index (χ2v) is 10.6. The van der Waals surface area contributed by atoms with Gasteiger partial charge in [-0.2, -0.15) is 4.98 Å². The molecule has 1 aliphatic carbocycles. The topological polar surface area (TPSA) is 152 Å². The molecule has 1 fully saturated rings. The largest absolute Gasteiger partial charge is 0.481 e. The third kappa shape index (κ3) is 6.21. The average Bonchev–Trinajstić information content (AvgIpc) is 3.34. The summed E-state index contributed by atoms with van der Waals surface area (Å²) in [7, 11) is -4.27. The second-order valence-electron chi connectivity index (χ2n) is 8.95. The van der Waals surface area contributed by atoms with Crippen LogP contribution in [-0.2, 0) is 14.8 Å². The highest BCUT2D eigenvalue weighted by Gasteiger charge is 2.28.